The normalized spacial score (nSPS) is 29.1. The predicted molar refractivity (Wildman–Crippen MR) is 82.7 cm³/mol. The largest absolute Gasteiger partial charge is 0.316 e. The molecule has 110 valence electrons. The summed E-state index contributed by atoms with van der Waals surface area (Å²) in [5, 5.41) is -0.0138. The summed E-state index contributed by atoms with van der Waals surface area (Å²) in [7, 11) is 0. The summed E-state index contributed by atoms with van der Waals surface area (Å²) in [4.78, 5) is 28.0. The second-order valence-corrected chi connectivity index (χ2v) is 6.92. The van der Waals surface area contributed by atoms with Crippen LogP contribution in [0.25, 0.3) is 11.0 Å². The van der Waals surface area contributed by atoms with Gasteiger partial charge >= 0.3 is 11.1 Å². The molecule has 2 aliphatic carbocycles. The highest BCUT2D eigenvalue weighted by molar-refractivity contribution is 6.21. The van der Waals surface area contributed by atoms with Crippen molar-refractivity contribution in [1.82, 2.24) is 9.97 Å². The summed E-state index contributed by atoms with van der Waals surface area (Å²) >= 11 is 6.71. The van der Waals surface area contributed by atoms with E-state index < -0.39 is 11.1 Å². The first-order valence-electron chi connectivity index (χ1n) is 7.52. The van der Waals surface area contributed by atoms with Crippen LogP contribution in [-0.2, 0) is 0 Å². The Labute approximate surface area is 126 Å². The van der Waals surface area contributed by atoms with Gasteiger partial charge in [-0.3, -0.25) is 9.59 Å². The van der Waals surface area contributed by atoms with Crippen LogP contribution >= 0.6 is 11.6 Å². The summed E-state index contributed by atoms with van der Waals surface area (Å²) in [5.41, 5.74) is 1.08. The molecule has 2 fully saturated rings. The van der Waals surface area contributed by atoms with Crippen LogP contribution in [-0.4, -0.2) is 9.97 Å². The van der Waals surface area contributed by atoms with E-state index in [-0.39, 0.29) is 5.38 Å². The van der Waals surface area contributed by atoms with Crippen molar-refractivity contribution in [3.8, 4) is 0 Å². The number of aromatic amines is 2. The van der Waals surface area contributed by atoms with E-state index in [2.05, 4.69) is 9.97 Å². The van der Waals surface area contributed by atoms with Gasteiger partial charge < -0.3 is 9.97 Å². The van der Waals surface area contributed by atoms with E-state index in [0.717, 1.165) is 17.4 Å². The van der Waals surface area contributed by atoms with E-state index in [1.165, 1.54) is 25.7 Å². The lowest BCUT2D eigenvalue weighted by molar-refractivity contribution is 0.323. The van der Waals surface area contributed by atoms with E-state index in [0.29, 0.717) is 17.0 Å². The molecule has 2 aromatic rings. The molecular formula is C16H17ClN2O2. The summed E-state index contributed by atoms with van der Waals surface area (Å²) in [6.07, 6.45) is 5.21. The molecule has 1 aromatic heterocycles. The maximum Gasteiger partial charge on any atom is 0.314 e. The average molecular weight is 305 g/mol. The SMILES string of the molecule is O=c1[nH]c2ccc(C(Cl)C3CC4CCC3C4)cc2[nH]c1=O. The van der Waals surface area contributed by atoms with Crippen LogP contribution in [0.4, 0.5) is 0 Å². The molecule has 1 aromatic carbocycles. The van der Waals surface area contributed by atoms with Crippen molar-refractivity contribution in [2.24, 2.45) is 17.8 Å². The Bertz CT molecular complexity index is 810. The van der Waals surface area contributed by atoms with Crippen molar-refractivity contribution in [1.29, 1.82) is 0 Å². The summed E-state index contributed by atoms with van der Waals surface area (Å²) < 4.78 is 0. The van der Waals surface area contributed by atoms with Gasteiger partial charge in [-0.1, -0.05) is 12.5 Å². The van der Waals surface area contributed by atoms with E-state index in [4.69, 9.17) is 11.6 Å². The molecule has 4 nitrogen and oxygen atoms in total. The highest BCUT2D eigenvalue weighted by Crippen LogP contribution is 2.54. The number of nitrogens with one attached hydrogen (secondary N) is 2. The van der Waals surface area contributed by atoms with Crippen LogP contribution < -0.4 is 11.1 Å². The number of rotatable bonds is 2. The second-order valence-electron chi connectivity index (χ2n) is 6.45. The quantitative estimate of drug-likeness (QED) is 0.662. The first kappa shape index (κ1) is 13.1. The minimum absolute atomic E-state index is 0.0138. The molecule has 2 saturated carbocycles. The van der Waals surface area contributed by atoms with Gasteiger partial charge in [0.05, 0.1) is 16.4 Å². The van der Waals surface area contributed by atoms with Gasteiger partial charge in [-0.05, 0) is 54.7 Å². The minimum Gasteiger partial charge on any atom is -0.316 e. The molecule has 2 bridgehead atoms. The Morgan fingerprint density at radius 1 is 1.05 bits per heavy atom. The molecule has 0 saturated heterocycles. The standard InChI is InChI=1S/C16H17ClN2O2/c17-14(11-6-8-1-2-9(11)5-8)10-3-4-12-13(7-10)19-16(21)15(20)18-12/h3-4,7-9,11,14H,1-2,5-6H2,(H,18,20)(H,19,21). The first-order chi connectivity index (χ1) is 10.1. The van der Waals surface area contributed by atoms with Crippen LogP contribution in [0.5, 0.6) is 0 Å². The third kappa shape index (κ3) is 2.13. The topological polar surface area (TPSA) is 65.7 Å². The van der Waals surface area contributed by atoms with Gasteiger partial charge in [-0.2, -0.15) is 0 Å². The highest BCUT2D eigenvalue weighted by atomic mass is 35.5. The number of fused-ring (bicyclic) bond motifs is 3. The predicted octanol–water partition coefficient (Wildman–Crippen LogP) is 2.93. The van der Waals surface area contributed by atoms with Gasteiger partial charge in [0, 0.05) is 0 Å². The number of H-pyrrole nitrogens is 2. The lowest BCUT2D eigenvalue weighted by atomic mass is 9.84. The van der Waals surface area contributed by atoms with Crippen molar-refractivity contribution in [2.75, 3.05) is 0 Å². The number of halogens is 1. The van der Waals surface area contributed by atoms with Gasteiger partial charge in [0.1, 0.15) is 0 Å². The van der Waals surface area contributed by atoms with Crippen LogP contribution in [0.3, 0.4) is 0 Å². The Morgan fingerprint density at radius 2 is 1.81 bits per heavy atom. The van der Waals surface area contributed by atoms with Crippen molar-refractivity contribution in [3.63, 3.8) is 0 Å². The smallest absolute Gasteiger partial charge is 0.314 e. The average Bonchev–Trinajstić information content (AvgIpc) is 3.10. The fraction of sp³-hybridized carbons (Fsp3) is 0.500. The molecule has 4 atom stereocenters. The van der Waals surface area contributed by atoms with E-state index in [1.807, 2.05) is 18.2 Å². The number of hydrogen-bond donors (Lipinski definition) is 2. The van der Waals surface area contributed by atoms with Crippen molar-refractivity contribution < 1.29 is 0 Å². The van der Waals surface area contributed by atoms with Crippen molar-refractivity contribution >= 4 is 22.6 Å². The lowest BCUT2D eigenvalue weighted by Crippen LogP contribution is -2.29. The number of benzene rings is 1. The molecule has 21 heavy (non-hydrogen) atoms. The van der Waals surface area contributed by atoms with Crippen LogP contribution in [0.1, 0.15) is 36.6 Å². The summed E-state index contributed by atoms with van der Waals surface area (Å²) in [5.74, 6) is 2.15. The molecule has 0 aliphatic heterocycles. The van der Waals surface area contributed by atoms with Gasteiger partial charge in [-0.25, -0.2) is 0 Å². The molecule has 5 heteroatoms. The first-order valence-corrected chi connectivity index (χ1v) is 7.96. The van der Waals surface area contributed by atoms with Crippen molar-refractivity contribution in [3.05, 3.63) is 44.5 Å². The van der Waals surface area contributed by atoms with Gasteiger partial charge in [0.2, 0.25) is 0 Å². The van der Waals surface area contributed by atoms with Gasteiger partial charge in [-0.15, -0.1) is 11.6 Å². The molecule has 1 heterocycles. The maximum atomic E-state index is 11.4. The van der Waals surface area contributed by atoms with E-state index in [9.17, 15) is 9.59 Å². The molecule has 2 N–H and O–H groups in total. The Kier molecular flexibility index (Phi) is 2.96. The van der Waals surface area contributed by atoms with Crippen molar-refractivity contribution in [2.45, 2.75) is 31.1 Å². The van der Waals surface area contributed by atoms with Crippen LogP contribution in [0.2, 0.25) is 0 Å². The molecule has 0 radical (unpaired) electrons. The van der Waals surface area contributed by atoms with Crippen LogP contribution in [0.15, 0.2) is 27.8 Å². The minimum atomic E-state index is -0.620. The van der Waals surface area contributed by atoms with Crippen LogP contribution in [0, 0.1) is 17.8 Å². The summed E-state index contributed by atoms with van der Waals surface area (Å²) in [6, 6.07) is 5.68. The zero-order valence-corrected chi connectivity index (χ0v) is 12.3. The monoisotopic (exact) mass is 304 g/mol. The molecular weight excluding hydrogens is 288 g/mol. The van der Waals surface area contributed by atoms with Gasteiger partial charge in [0.15, 0.2) is 0 Å². The number of hydrogen-bond acceptors (Lipinski definition) is 2. The molecule has 0 amide bonds. The molecule has 0 spiro atoms. The number of aromatic nitrogens is 2. The molecule has 4 unspecified atom stereocenters. The number of alkyl halides is 1. The zero-order valence-electron chi connectivity index (χ0n) is 11.6. The third-order valence-electron chi connectivity index (χ3n) is 5.23. The van der Waals surface area contributed by atoms with Gasteiger partial charge in [0.25, 0.3) is 0 Å². The Hall–Kier alpha value is -1.55. The molecule has 4 rings (SSSR count). The Balaban J connectivity index is 1.71. The summed E-state index contributed by atoms with van der Waals surface area (Å²) in [6.45, 7) is 0. The fourth-order valence-electron chi connectivity index (χ4n) is 4.20. The maximum absolute atomic E-state index is 11.4. The van der Waals surface area contributed by atoms with E-state index >= 15 is 0 Å². The fourth-order valence-corrected chi connectivity index (χ4v) is 4.65. The highest BCUT2D eigenvalue weighted by Gasteiger charge is 2.42. The third-order valence-corrected chi connectivity index (χ3v) is 5.81. The second kappa shape index (κ2) is 4.73. The Morgan fingerprint density at radius 3 is 2.48 bits per heavy atom. The molecule has 2 aliphatic rings. The lowest BCUT2D eigenvalue weighted by Gasteiger charge is -2.26. The van der Waals surface area contributed by atoms with E-state index in [1.54, 1.807) is 0 Å². The zero-order chi connectivity index (χ0) is 14.6.